The van der Waals surface area contributed by atoms with Crippen LogP contribution >= 0.6 is 0 Å². The minimum Gasteiger partial charge on any atom is -0.369 e. The molecule has 5 heteroatoms. The van der Waals surface area contributed by atoms with E-state index in [-0.39, 0.29) is 0 Å². The molecule has 0 saturated carbocycles. The third kappa shape index (κ3) is 3.59. The number of fused-ring (bicyclic) bond motifs is 1. The second-order valence-electron chi connectivity index (χ2n) is 7.25. The summed E-state index contributed by atoms with van der Waals surface area (Å²) in [6.07, 6.45) is 0. The lowest BCUT2D eigenvalue weighted by molar-refractivity contribution is 0.384. The summed E-state index contributed by atoms with van der Waals surface area (Å²) >= 11 is 0. The fourth-order valence-corrected chi connectivity index (χ4v) is 3.63. The van der Waals surface area contributed by atoms with E-state index in [0.717, 1.165) is 50.6 Å². The van der Waals surface area contributed by atoms with Crippen LogP contribution in [0, 0.1) is 0 Å². The number of imidazole rings is 1. The molecule has 26 heavy (non-hydrogen) atoms. The largest absolute Gasteiger partial charge is 0.369 e. The van der Waals surface area contributed by atoms with Crippen molar-refractivity contribution >= 4 is 16.7 Å². The molecule has 2 aromatic carbocycles. The zero-order valence-corrected chi connectivity index (χ0v) is 15.7. The molecular formula is C21H27N5. The molecule has 0 aliphatic carbocycles. The van der Waals surface area contributed by atoms with Crippen molar-refractivity contribution in [1.29, 1.82) is 0 Å². The topological polar surface area (TPSA) is 36.3 Å². The first-order valence-electron chi connectivity index (χ1n) is 9.34. The van der Waals surface area contributed by atoms with Crippen LogP contribution in [0.15, 0.2) is 48.5 Å². The fourth-order valence-electron chi connectivity index (χ4n) is 3.63. The smallest absolute Gasteiger partial charge is 0.124 e. The summed E-state index contributed by atoms with van der Waals surface area (Å²) in [5, 5.41) is 3.43. The molecule has 1 N–H and O–H groups in total. The lowest BCUT2D eigenvalue weighted by Gasteiger charge is -2.29. The van der Waals surface area contributed by atoms with Gasteiger partial charge in [-0.15, -0.1) is 0 Å². The minimum atomic E-state index is 0.838. The number of nitrogens with zero attached hydrogens (tertiary/aromatic N) is 4. The molecule has 136 valence electrons. The summed E-state index contributed by atoms with van der Waals surface area (Å²) in [4.78, 5) is 9.57. The van der Waals surface area contributed by atoms with Crippen molar-refractivity contribution < 1.29 is 0 Å². The molecule has 1 fully saturated rings. The van der Waals surface area contributed by atoms with Gasteiger partial charge in [0, 0.05) is 38.4 Å². The maximum Gasteiger partial charge on any atom is 0.124 e. The van der Waals surface area contributed by atoms with Gasteiger partial charge < -0.3 is 19.7 Å². The van der Waals surface area contributed by atoms with Gasteiger partial charge >= 0.3 is 0 Å². The summed E-state index contributed by atoms with van der Waals surface area (Å²) in [5.41, 5.74) is 4.90. The quantitative estimate of drug-likeness (QED) is 0.768. The van der Waals surface area contributed by atoms with Crippen LogP contribution in [-0.2, 0) is 13.1 Å². The Kier molecular flexibility index (Phi) is 4.91. The maximum absolute atomic E-state index is 4.93. The predicted octanol–water partition coefficient (Wildman–Crippen LogP) is 2.56. The van der Waals surface area contributed by atoms with Gasteiger partial charge in [-0.05, 0) is 37.9 Å². The highest BCUT2D eigenvalue weighted by molar-refractivity contribution is 5.80. The van der Waals surface area contributed by atoms with Crippen molar-refractivity contribution in [2.75, 3.05) is 45.2 Å². The van der Waals surface area contributed by atoms with E-state index < -0.39 is 0 Å². The van der Waals surface area contributed by atoms with Gasteiger partial charge in [0.2, 0.25) is 0 Å². The number of benzene rings is 2. The molecule has 2 heterocycles. The molecule has 0 radical (unpaired) electrons. The summed E-state index contributed by atoms with van der Waals surface area (Å²) in [7, 11) is 4.19. The normalized spacial score (nSPS) is 15.1. The first-order chi connectivity index (χ1) is 12.7. The molecule has 4 rings (SSSR count). The highest BCUT2D eigenvalue weighted by atomic mass is 15.2. The standard InChI is InChI=1S/C21H27N5/c1-24(2)16-21-23-19-9-8-18(25-12-10-22-11-13-25)14-20(19)26(21)15-17-6-4-3-5-7-17/h3-9,14,22H,10-13,15-16H2,1-2H3. The number of rotatable bonds is 5. The van der Waals surface area contributed by atoms with Crippen LogP contribution in [0.1, 0.15) is 11.4 Å². The number of hydrogen-bond acceptors (Lipinski definition) is 4. The van der Waals surface area contributed by atoms with Gasteiger partial charge in [0.25, 0.3) is 0 Å². The number of aromatic nitrogens is 2. The SMILES string of the molecule is CN(C)Cc1nc2ccc(N3CCNCC3)cc2n1Cc1ccccc1. The monoisotopic (exact) mass is 349 g/mol. The molecular weight excluding hydrogens is 322 g/mol. The summed E-state index contributed by atoms with van der Waals surface area (Å²) in [6.45, 7) is 5.90. The minimum absolute atomic E-state index is 0.838. The van der Waals surface area contributed by atoms with E-state index in [1.165, 1.54) is 16.8 Å². The first kappa shape index (κ1) is 17.1. The van der Waals surface area contributed by atoms with Crippen molar-refractivity contribution in [2.24, 2.45) is 0 Å². The Hall–Kier alpha value is -2.37. The second kappa shape index (κ2) is 7.48. The van der Waals surface area contributed by atoms with Gasteiger partial charge in [-0.3, -0.25) is 0 Å². The van der Waals surface area contributed by atoms with Crippen molar-refractivity contribution in [3.8, 4) is 0 Å². The fraction of sp³-hybridized carbons (Fsp3) is 0.381. The van der Waals surface area contributed by atoms with Gasteiger partial charge in [-0.1, -0.05) is 30.3 Å². The second-order valence-corrected chi connectivity index (χ2v) is 7.25. The summed E-state index contributed by atoms with van der Waals surface area (Å²) in [6, 6.07) is 17.4. The van der Waals surface area contributed by atoms with Gasteiger partial charge in [-0.25, -0.2) is 4.98 Å². The van der Waals surface area contributed by atoms with E-state index in [1.54, 1.807) is 0 Å². The summed E-state index contributed by atoms with van der Waals surface area (Å²) < 4.78 is 2.37. The molecule has 1 aliphatic heterocycles. The van der Waals surface area contributed by atoms with Crippen LogP contribution in [0.5, 0.6) is 0 Å². The van der Waals surface area contributed by atoms with Gasteiger partial charge in [0.15, 0.2) is 0 Å². The zero-order valence-electron chi connectivity index (χ0n) is 15.7. The van der Waals surface area contributed by atoms with Gasteiger partial charge in [-0.2, -0.15) is 0 Å². The highest BCUT2D eigenvalue weighted by Gasteiger charge is 2.16. The molecule has 1 aromatic heterocycles. The van der Waals surface area contributed by atoms with E-state index in [9.17, 15) is 0 Å². The predicted molar refractivity (Wildman–Crippen MR) is 108 cm³/mol. The number of anilines is 1. The average Bonchev–Trinajstić information content (AvgIpc) is 2.99. The van der Waals surface area contributed by atoms with Crippen LogP contribution in [0.2, 0.25) is 0 Å². The molecule has 0 amide bonds. The first-order valence-corrected chi connectivity index (χ1v) is 9.34. The lowest BCUT2D eigenvalue weighted by Crippen LogP contribution is -2.43. The van der Waals surface area contributed by atoms with Crippen molar-refractivity contribution in [3.05, 3.63) is 59.9 Å². The molecule has 0 bridgehead atoms. The third-order valence-corrected chi connectivity index (χ3v) is 4.93. The molecule has 0 unspecified atom stereocenters. The van der Waals surface area contributed by atoms with Crippen molar-refractivity contribution in [3.63, 3.8) is 0 Å². The van der Waals surface area contributed by atoms with E-state index in [0.29, 0.717) is 0 Å². The molecule has 0 spiro atoms. The van der Waals surface area contributed by atoms with Crippen molar-refractivity contribution in [2.45, 2.75) is 13.1 Å². The van der Waals surface area contributed by atoms with Gasteiger partial charge in [0.05, 0.1) is 17.6 Å². The van der Waals surface area contributed by atoms with Crippen LogP contribution < -0.4 is 10.2 Å². The van der Waals surface area contributed by atoms with Crippen LogP contribution in [0.3, 0.4) is 0 Å². The number of piperazine rings is 1. The zero-order chi connectivity index (χ0) is 17.9. The maximum atomic E-state index is 4.93. The van der Waals surface area contributed by atoms with E-state index in [4.69, 9.17) is 4.98 Å². The number of hydrogen-bond donors (Lipinski definition) is 1. The Bertz CT molecular complexity index is 863. The average molecular weight is 349 g/mol. The molecule has 1 aliphatic rings. The van der Waals surface area contributed by atoms with E-state index in [2.05, 4.69) is 82.3 Å². The summed E-state index contributed by atoms with van der Waals surface area (Å²) in [5.74, 6) is 1.12. The molecule has 3 aromatic rings. The lowest BCUT2D eigenvalue weighted by atomic mass is 10.2. The number of nitrogens with one attached hydrogen (secondary N) is 1. The Labute approximate surface area is 155 Å². The van der Waals surface area contributed by atoms with E-state index >= 15 is 0 Å². The molecule has 0 atom stereocenters. The Morgan fingerprint density at radius 3 is 2.54 bits per heavy atom. The molecule has 5 nitrogen and oxygen atoms in total. The Morgan fingerprint density at radius 1 is 1.04 bits per heavy atom. The Balaban J connectivity index is 1.76. The molecule has 1 saturated heterocycles. The van der Waals surface area contributed by atoms with Gasteiger partial charge in [0.1, 0.15) is 5.82 Å². The highest BCUT2D eigenvalue weighted by Crippen LogP contribution is 2.25. The van der Waals surface area contributed by atoms with Crippen LogP contribution in [0.4, 0.5) is 5.69 Å². The van der Waals surface area contributed by atoms with Crippen LogP contribution in [-0.4, -0.2) is 54.7 Å². The third-order valence-electron chi connectivity index (χ3n) is 4.93. The van der Waals surface area contributed by atoms with Crippen molar-refractivity contribution in [1.82, 2.24) is 19.8 Å². The Morgan fingerprint density at radius 2 is 1.81 bits per heavy atom. The van der Waals surface area contributed by atoms with E-state index in [1.807, 2.05) is 0 Å². The van der Waals surface area contributed by atoms with Crippen LogP contribution in [0.25, 0.3) is 11.0 Å².